The molecule has 0 spiro atoms. The van der Waals surface area contributed by atoms with Gasteiger partial charge in [-0.25, -0.2) is 14.3 Å². The van der Waals surface area contributed by atoms with Crippen LogP contribution >= 0.6 is 0 Å². The first kappa shape index (κ1) is 14.6. The second kappa shape index (κ2) is 6.22. The van der Waals surface area contributed by atoms with E-state index in [9.17, 15) is 14.4 Å². The normalized spacial score (nSPS) is 13.7. The summed E-state index contributed by atoms with van der Waals surface area (Å²) in [6, 6.07) is 5.88. The third-order valence-electron chi connectivity index (χ3n) is 3.20. The predicted molar refractivity (Wildman–Crippen MR) is 74.5 cm³/mol. The molecular formula is C13H12N6O4. The second-order valence-electron chi connectivity index (χ2n) is 4.65. The molecule has 1 saturated heterocycles. The van der Waals surface area contributed by atoms with Crippen LogP contribution in [0.1, 0.15) is 10.4 Å². The van der Waals surface area contributed by atoms with Crippen molar-refractivity contribution in [3.63, 3.8) is 0 Å². The van der Waals surface area contributed by atoms with Gasteiger partial charge in [0, 0.05) is 13.1 Å². The summed E-state index contributed by atoms with van der Waals surface area (Å²) >= 11 is 0. The third-order valence-corrected chi connectivity index (χ3v) is 3.20. The summed E-state index contributed by atoms with van der Waals surface area (Å²) < 4.78 is 6.36. The molecule has 10 heteroatoms. The summed E-state index contributed by atoms with van der Waals surface area (Å²) in [6.07, 6.45) is 1.42. The average molecular weight is 316 g/mol. The standard InChI is InChI=1S/C13H12N6O4/c20-11(18-6-5-14-13(18)22)7-23-12(21)9-1-3-10(4-2-9)19-8-15-16-17-19/h1-4,8H,5-7H2,(H,14,22). The Morgan fingerprint density at radius 3 is 2.65 bits per heavy atom. The summed E-state index contributed by atoms with van der Waals surface area (Å²) in [6.45, 7) is 0.188. The van der Waals surface area contributed by atoms with Crippen molar-refractivity contribution in [2.75, 3.05) is 19.7 Å². The average Bonchev–Trinajstić information content (AvgIpc) is 3.24. The molecule has 0 bridgehead atoms. The van der Waals surface area contributed by atoms with Gasteiger partial charge in [0.25, 0.3) is 5.91 Å². The lowest BCUT2D eigenvalue weighted by Crippen LogP contribution is -2.37. The number of amides is 3. The van der Waals surface area contributed by atoms with Crippen LogP contribution in [0.25, 0.3) is 5.69 Å². The fourth-order valence-corrected chi connectivity index (χ4v) is 2.03. The molecule has 1 N–H and O–H groups in total. The van der Waals surface area contributed by atoms with Gasteiger partial charge in [0.2, 0.25) is 0 Å². The van der Waals surface area contributed by atoms with Crippen LogP contribution < -0.4 is 5.32 Å². The number of aromatic nitrogens is 4. The first-order valence-electron chi connectivity index (χ1n) is 6.74. The van der Waals surface area contributed by atoms with Crippen LogP contribution in [0.5, 0.6) is 0 Å². The summed E-state index contributed by atoms with van der Waals surface area (Å²) in [5, 5.41) is 13.2. The summed E-state index contributed by atoms with van der Waals surface area (Å²) in [7, 11) is 0. The number of rotatable bonds is 4. The van der Waals surface area contributed by atoms with E-state index in [0.717, 1.165) is 4.90 Å². The minimum absolute atomic E-state index is 0.274. The first-order valence-corrected chi connectivity index (χ1v) is 6.74. The fourth-order valence-electron chi connectivity index (χ4n) is 2.03. The minimum Gasteiger partial charge on any atom is -0.452 e. The van der Waals surface area contributed by atoms with Gasteiger partial charge in [-0.2, -0.15) is 0 Å². The first-order chi connectivity index (χ1) is 11.1. The van der Waals surface area contributed by atoms with Gasteiger partial charge in [-0.05, 0) is 34.7 Å². The Morgan fingerprint density at radius 2 is 2.04 bits per heavy atom. The highest BCUT2D eigenvalue weighted by Gasteiger charge is 2.26. The Morgan fingerprint density at radius 1 is 1.26 bits per heavy atom. The quantitative estimate of drug-likeness (QED) is 0.746. The number of carbonyl (C=O) groups is 3. The van der Waals surface area contributed by atoms with Crippen molar-refractivity contribution in [1.82, 2.24) is 30.4 Å². The number of hydrogen-bond donors (Lipinski definition) is 1. The molecule has 1 fully saturated rings. The summed E-state index contributed by atoms with van der Waals surface area (Å²) in [5.74, 6) is -1.21. The number of carbonyl (C=O) groups excluding carboxylic acids is 3. The number of esters is 1. The maximum Gasteiger partial charge on any atom is 0.338 e. The van der Waals surface area contributed by atoms with Crippen molar-refractivity contribution in [1.29, 1.82) is 0 Å². The van der Waals surface area contributed by atoms with Gasteiger partial charge in [-0.1, -0.05) is 0 Å². The lowest BCUT2D eigenvalue weighted by molar-refractivity contribution is -0.130. The van der Waals surface area contributed by atoms with Crippen molar-refractivity contribution < 1.29 is 19.1 Å². The molecule has 1 aromatic heterocycles. The van der Waals surface area contributed by atoms with Gasteiger partial charge in [-0.3, -0.25) is 9.69 Å². The second-order valence-corrected chi connectivity index (χ2v) is 4.65. The molecular weight excluding hydrogens is 304 g/mol. The number of nitrogens with zero attached hydrogens (tertiary/aromatic N) is 5. The maximum atomic E-state index is 11.9. The molecule has 0 radical (unpaired) electrons. The lowest BCUT2D eigenvalue weighted by atomic mass is 10.2. The number of ether oxygens (including phenoxy) is 1. The number of hydrogen-bond acceptors (Lipinski definition) is 7. The molecule has 0 atom stereocenters. The molecule has 0 unspecified atom stereocenters. The Balaban J connectivity index is 1.58. The SMILES string of the molecule is O=C(OCC(=O)N1CCNC1=O)c1ccc(-n2cnnn2)cc1. The smallest absolute Gasteiger partial charge is 0.338 e. The molecule has 0 aliphatic carbocycles. The van der Waals surface area contributed by atoms with Gasteiger partial charge >= 0.3 is 12.0 Å². The zero-order valence-electron chi connectivity index (χ0n) is 11.9. The largest absolute Gasteiger partial charge is 0.452 e. The monoisotopic (exact) mass is 316 g/mol. The molecule has 2 heterocycles. The fraction of sp³-hybridized carbons (Fsp3) is 0.231. The molecule has 3 rings (SSSR count). The van der Waals surface area contributed by atoms with Crippen molar-refractivity contribution >= 4 is 17.9 Å². The molecule has 23 heavy (non-hydrogen) atoms. The van der Waals surface area contributed by atoms with Gasteiger partial charge < -0.3 is 10.1 Å². The number of nitrogens with one attached hydrogen (secondary N) is 1. The van der Waals surface area contributed by atoms with E-state index in [0.29, 0.717) is 12.2 Å². The Hall–Kier alpha value is -3.30. The van der Waals surface area contributed by atoms with Crippen molar-refractivity contribution in [3.05, 3.63) is 36.2 Å². The highest BCUT2D eigenvalue weighted by molar-refractivity contribution is 5.98. The van der Waals surface area contributed by atoms with Crippen LogP contribution in [0, 0.1) is 0 Å². The van der Waals surface area contributed by atoms with E-state index in [1.54, 1.807) is 12.1 Å². The van der Waals surface area contributed by atoms with E-state index in [2.05, 4.69) is 20.8 Å². The third kappa shape index (κ3) is 3.15. The summed E-state index contributed by atoms with van der Waals surface area (Å²) in [4.78, 5) is 36.0. The Kier molecular flexibility index (Phi) is 3.95. The molecule has 1 aliphatic rings. The van der Waals surface area contributed by atoms with Gasteiger partial charge in [0.1, 0.15) is 6.33 Å². The Bertz CT molecular complexity index is 727. The molecule has 2 aromatic rings. The van der Waals surface area contributed by atoms with Crippen LogP contribution in [0.3, 0.4) is 0 Å². The van der Waals surface area contributed by atoms with E-state index in [-0.39, 0.29) is 12.1 Å². The maximum absolute atomic E-state index is 11.9. The number of urea groups is 1. The van der Waals surface area contributed by atoms with Crippen LogP contribution in [0.15, 0.2) is 30.6 Å². The van der Waals surface area contributed by atoms with Crippen molar-refractivity contribution in [2.24, 2.45) is 0 Å². The highest BCUT2D eigenvalue weighted by Crippen LogP contribution is 2.09. The Labute approximate surface area is 130 Å². The van der Waals surface area contributed by atoms with E-state index in [1.807, 2.05) is 0 Å². The van der Waals surface area contributed by atoms with Crippen LogP contribution in [0.4, 0.5) is 4.79 Å². The van der Waals surface area contributed by atoms with Crippen LogP contribution in [-0.4, -0.2) is 62.7 Å². The van der Waals surface area contributed by atoms with Gasteiger partial charge in [0.15, 0.2) is 6.61 Å². The molecule has 3 amide bonds. The molecule has 1 aromatic carbocycles. The predicted octanol–water partition coefficient (Wildman–Crippen LogP) is -0.629. The molecule has 118 valence electrons. The zero-order chi connectivity index (χ0) is 16.2. The molecule has 10 nitrogen and oxygen atoms in total. The van der Waals surface area contributed by atoms with E-state index < -0.39 is 24.5 Å². The molecule has 0 saturated carbocycles. The zero-order valence-corrected chi connectivity index (χ0v) is 11.9. The van der Waals surface area contributed by atoms with E-state index in [4.69, 9.17) is 4.74 Å². The van der Waals surface area contributed by atoms with Crippen LogP contribution in [0.2, 0.25) is 0 Å². The number of tetrazole rings is 1. The minimum atomic E-state index is -0.652. The van der Waals surface area contributed by atoms with Crippen molar-refractivity contribution in [2.45, 2.75) is 0 Å². The van der Waals surface area contributed by atoms with Gasteiger partial charge in [0.05, 0.1) is 11.3 Å². The molecule has 1 aliphatic heterocycles. The lowest BCUT2D eigenvalue weighted by Gasteiger charge is -2.12. The van der Waals surface area contributed by atoms with Crippen LogP contribution in [-0.2, 0) is 9.53 Å². The van der Waals surface area contributed by atoms with E-state index >= 15 is 0 Å². The van der Waals surface area contributed by atoms with Crippen molar-refractivity contribution in [3.8, 4) is 5.69 Å². The number of benzene rings is 1. The summed E-state index contributed by atoms with van der Waals surface area (Å²) in [5.41, 5.74) is 0.955. The van der Waals surface area contributed by atoms with Gasteiger partial charge in [-0.15, -0.1) is 5.10 Å². The number of imide groups is 1. The van der Waals surface area contributed by atoms with E-state index in [1.165, 1.54) is 23.1 Å². The highest BCUT2D eigenvalue weighted by atomic mass is 16.5. The topological polar surface area (TPSA) is 119 Å².